The number of carbonyl (C=O) groups is 2. The largest absolute Gasteiger partial charge is 0.471 e. The molecule has 0 aromatic heterocycles. The molecule has 1 saturated heterocycles. The Balaban J connectivity index is 2.04. The lowest BCUT2D eigenvalue weighted by Gasteiger charge is -2.12. The number of alkyl carbamates (subject to hydrolysis) is 1. The second-order valence-electron chi connectivity index (χ2n) is 4.41. The maximum Gasteiger partial charge on any atom is 0.471 e. The number of rotatable bonds is 3. The van der Waals surface area contributed by atoms with E-state index in [9.17, 15) is 22.8 Å². The summed E-state index contributed by atoms with van der Waals surface area (Å²) in [6, 6.07) is 4.33. The second-order valence-corrected chi connectivity index (χ2v) is 5.26. The highest BCUT2D eigenvalue weighted by molar-refractivity contribution is 9.10. The first-order valence-corrected chi connectivity index (χ1v) is 6.65. The normalized spacial score (nSPS) is 18.1. The molecule has 21 heavy (non-hydrogen) atoms. The van der Waals surface area contributed by atoms with Crippen molar-refractivity contribution in [2.24, 2.45) is 0 Å². The van der Waals surface area contributed by atoms with Gasteiger partial charge in [-0.05, 0) is 40.0 Å². The van der Waals surface area contributed by atoms with Crippen molar-refractivity contribution in [1.29, 1.82) is 0 Å². The Hall–Kier alpha value is -1.77. The van der Waals surface area contributed by atoms with Crippen LogP contribution in [0.2, 0.25) is 0 Å². The lowest BCUT2D eigenvalue weighted by Crippen LogP contribution is -2.30. The third-order valence-electron chi connectivity index (χ3n) is 2.76. The van der Waals surface area contributed by atoms with Crippen LogP contribution in [0.3, 0.4) is 0 Å². The summed E-state index contributed by atoms with van der Waals surface area (Å²) >= 11 is 3.10. The minimum Gasteiger partial charge on any atom is -0.447 e. The number of halogens is 4. The Morgan fingerprint density at radius 3 is 2.71 bits per heavy atom. The smallest absolute Gasteiger partial charge is 0.447 e. The molecule has 2 amide bonds. The van der Waals surface area contributed by atoms with Crippen LogP contribution in [0.1, 0.15) is 5.56 Å². The molecule has 0 unspecified atom stereocenters. The summed E-state index contributed by atoms with van der Waals surface area (Å²) < 4.78 is 41.6. The Morgan fingerprint density at radius 1 is 1.48 bits per heavy atom. The van der Waals surface area contributed by atoms with Gasteiger partial charge < -0.3 is 15.4 Å². The summed E-state index contributed by atoms with van der Waals surface area (Å²) in [6.07, 6.45) is -4.96. The van der Waals surface area contributed by atoms with E-state index in [1.807, 2.05) is 0 Å². The van der Waals surface area contributed by atoms with Crippen molar-refractivity contribution in [2.75, 3.05) is 11.9 Å². The van der Waals surface area contributed by atoms with Crippen LogP contribution in [-0.2, 0) is 16.0 Å². The molecule has 1 aromatic carbocycles. The quantitative estimate of drug-likeness (QED) is 0.863. The Labute approximate surface area is 126 Å². The van der Waals surface area contributed by atoms with Gasteiger partial charge in [0.1, 0.15) is 6.61 Å². The highest BCUT2D eigenvalue weighted by atomic mass is 79.9. The van der Waals surface area contributed by atoms with Crippen molar-refractivity contribution < 1.29 is 27.5 Å². The van der Waals surface area contributed by atoms with Gasteiger partial charge in [-0.2, -0.15) is 13.2 Å². The predicted molar refractivity (Wildman–Crippen MR) is 70.8 cm³/mol. The van der Waals surface area contributed by atoms with Crippen LogP contribution in [0.25, 0.3) is 0 Å². The number of benzene rings is 1. The summed E-state index contributed by atoms with van der Waals surface area (Å²) in [5.74, 6) is -2.03. The molecule has 1 atom stereocenters. The first-order valence-electron chi connectivity index (χ1n) is 5.85. The first kappa shape index (κ1) is 15.6. The number of alkyl halides is 3. The average Bonchev–Trinajstić information content (AvgIpc) is 2.77. The summed E-state index contributed by atoms with van der Waals surface area (Å²) in [6.45, 7) is 0.239. The Bertz CT molecular complexity index is 577. The molecule has 1 fully saturated rings. The standard InChI is InChI=1S/C12H10BrF3N2O3/c13-8-4-6(3-7-5-21-11(20)17-7)1-2-9(8)18-10(19)12(14,15)16/h1-2,4,7H,3,5H2,(H,17,20)(H,18,19)/t7-/m0/s1. The van der Waals surface area contributed by atoms with E-state index in [4.69, 9.17) is 4.74 Å². The lowest BCUT2D eigenvalue weighted by molar-refractivity contribution is -0.167. The molecule has 0 saturated carbocycles. The molecule has 114 valence electrons. The Kier molecular flexibility index (Phi) is 4.40. The van der Waals surface area contributed by atoms with Crippen LogP contribution < -0.4 is 10.6 Å². The maximum atomic E-state index is 12.2. The molecule has 0 spiro atoms. The minimum atomic E-state index is -4.94. The van der Waals surface area contributed by atoms with Crippen molar-refractivity contribution in [3.8, 4) is 0 Å². The lowest BCUT2D eigenvalue weighted by atomic mass is 10.1. The third kappa shape index (κ3) is 4.10. The molecule has 0 bridgehead atoms. The van der Waals surface area contributed by atoms with Gasteiger partial charge >= 0.3 is 18.2 Å². The highest BCUT2D eigenvalue weighted by Crippen LogP contribution is 2.26. The van der Waals surface area contributed by atoms with Gasteiger partial charge in [-0.15, -0.1) is 0 Å². The van der Waals surface area contributed by atoms with Crippen LogP contribution in [0.5, 0.6) is 0 Å². The maximum absolute atomic E-state index is 12.2. The minimum absolute atomic E-state index is 0.0211. The SMILES string of the molecule is O=C1N[C@@H](Cc2ccc(NC(=O)C(F)(F)F)c(Br)c2)CO1. The van der Waals surface area contributed by atoms with Crippen LogP contribution in [-0.4, -0.2) is 30.8 Å². The summed E-state index contributed by atoms with van der Waals surface area (Å²) in [7, 11) is 0. The molecule has 1 aromatic rings. The summed E-state index contributed by atoms with van der Waals surface area (Å²) in [5, 5.41) is 4.37. The van der Waals surface area contributed by atoms with Crippen molar-refractivity contribution in [3.63, 3.8) is 0 Å². The van der Waals surface area contributed by atoms with Gasteiger partial charge in [-0.3, -0.25) is 4.79 Å². The van der Waals surface area contributed by atoms with Gasteiger partial charge in [-0.25, -0.2) is 4.79 Å². The molecule has 5 nitrogen and oxygen atoms in total. The van der Waals surface area contributed by atoms with Gasteiger partial charge in [-0.1, -0.05) is 6.07 Å². The number of anilines is 1. The third-order valence-corrected chi connectivity index (χ3v) is 3.41. The van der Waals surface area contributed by atoms with Gasteiger partial charge in [0.25, 0.3) is 0 Å². The molecule has 0 radical (unpaired) electrons. The average molecular weight is 367 g/mol. The van der Waals surface area contributed by atoms with Crippen molar-refractivity contribution in [3.05, 3.63) is 28.2 Å². The molecule has 1 aliphatic rings. The molecule has 9 heteroatoms. The fourth-order valence-corrected chi connectivity index (χ4v) is 2.33. The van der Waals surface area contributed by atoms with Crippen molar-refractivity contribution in [1.82, 2.24) is 5.32 Å². The second kappa shape index (κ2) is 5.92. The number of ether oxygens (including phenoxy) is 1. The van der Waals surface area contributed by atoms with E-state index < -0.39 is 18.2 Å². The zero-order chi connectivity index (χ0) is 15.6. The van der Waals surface area contributed by atoms with Crippen molar-refractivity contribution in [2.45, 2.75) is 18.6 Å². The van der Waals surface area contributed by atoms with Crippen molar-refractivity contribution >= 4 is 33.6 Å². The number of carbonyl (C=O) groups excluding carboxylic acids is 2. The van der Waals surface area contributed by atoms with E-state index in [2.05, 4.69) is 21.2 Å². The molecular weight excluding hydrogens is 357 g/mol. The van der Waals surface area contributed by atoms with E-state index in [1.165, 1.54) is 6.07 Å². The van der Waals surface area contributed by atoms with E-state index >= 15 is 0 Å². The fourth-order valence-electron chi connectivity index (χ4n) is 1.80. The highest BCUT2D eigenvalue weighted by Gasteiger charge is 2.38. The summed E-state index contributed by atoms with van der Waals surface area (Å²) in [5.41, 5.74) is 0.801. The van der Waals surface area contributed by atoms with Crippen LogP contribution >= 0.6 is 15.9 Å². The fraction of sp³-hybridized carbons (Fsp3) is 0.333. The summed E-state index contributed by atoms with van der Waals surface area (Å²) in [4.78, 5) is 21.7. The molecule has 2 rings (SSSR count). The van der Waals surface area contributed by atoms with E-state index in [0.29, 0.717) is 10.9 Å². The predicted octanol–water partition coefficient (Wildman–Crippen LogP) is 2.60. The van der Waals surface area contributed by atoms with Crippen LogP contribution in [0.4, 0.5) is 23.7 Å². The van der Waals surface area contributed by atoms with E-state index in [0.717, 1.165) is 5.56 Å². The molecule has 0 aliphatic carbocycles. The van der Waals surface area contributed by atoms with E-state index in [-0.39, 0.29) is 18.3 Å². The van der Waals surface area contributed by atoms with Crippen LogP contribution in [0, 0.1) is 0 Å². The number of hydrogen-bond acceptors (Lipinski definition) is 3. The van der Waals surface area contributed by atoms with Gasteiger partial charge in [0.2, 0.25) is 0 Å². The number of amides is 2. The van der Waals surface area contributed by atoms with Gasteiger partial charge in [0.05, 0.1) is 11.7 Å². The van der Waals surface area contributed by atoms with Gasteiger partial charge in [0, 0.05) is 4.47 Å². The zero-order valence-electron chi connectivity index (χ0n) is 10.5. The first-order chi connectivity index (χ1) is 9.75. The van der Waals surface area contributed by atoms with Crippen LogP contribution in [0.15, 0.2) is 22.7 Å². The zero-order valence-corrected chi connectivity index (χ0v) is 12.0. The Morgan fingerprint density at radius 2 is 2.19 bits per heavy atom. The molecule has 1 aliphatic heterocycles. The monoisotopic (exact) mass is 366 g/mol. The molecule has 2 N–H and O–H groups in total. The number of hydrogen-bond donors (Lipinski definition) is 2. The number of nitrogens with one attached hydrogen (secondary N) is 2. The molecular formula is C12H10BrF3N2O3. The molecule has 1 heterocycles. The van der Waals surface area contributed by atoms with E-state index in [1.54, 1.807) is 17.4 Å². The number of cyclic esters (lactones) is 1. The topological polar surface area (TPSA) is 67.4 Å². The van der Waals surface area contributed by atoms with Gasteiger partial charge in [0.15, 0.2) is 0 Å².